The Morgan fingerprint density at radius 3 is 2.38 bits per heavy atom. The van der Waals surface area contributed by atoms with E-state index < -0.39 is 5.97 Å². The molecule has 21 heavy (non-hydrogen) atoms. The first-order valence-corrected chi connectivity index (χ1v) is 7.63. The van der Waals surface area contributed by atoms with Crippen LogP contribution in [-0.2, 0) is 4.79 Å². The Morgan fingerprint density at radius 2 is 1.86 bits per heavy atom. The summed E-state index contributed by atoms with van der Waals surface area (Å²) in [5.74, 6) is -0.808. The van der Waals surface area contributed by atoms with Gasteiger partial charge in [-0.05, 0) is 30.7 Å². The van der Waals surface area contributed by atoms with Crippen LogP contribution in [0.4, 0.5) is 5.69 Å². The molecule has 4 nitrogen and oxygen atoms in total. The number of halogens is 1. The van der Waals surface area contributed by atoms with E-state index in [1.165, 1.54) is 5.69 Å². The van der Waals surface area contributed by atoms with Crippen LogP contribution >= 0.6 is 11.6 Å². The maximum atomic E-state index is 11.0. The van der Waals surface area contributed by atoms with Crippen LogP contribution < -0.4 is 4.90 Å². The zero-order valence-corrected chi connectivity index (χ0v) is 13.0. The van der Waals surface area contributed by atoms with Crippen LogP contribution in [0.1, 0.15) is 13.3 Å². The number of hydrogen-bond donors (Lipinski definition) is 1. The third-order valence-corrected chi connectivity index (χ3v) is 4.07. The number of anilines is 1. The van der Waals surface area contributed by atoms with E-state index in [1.54, 1.807) is 0 Å². The van der Waals surface area contributed by atoms with E-state index in [0.29, 0.717) is 18.5 Å². The van der Waals surface area contributed by atoms with Crippen LogP contribution in [0, 0.1) is 0 Å². The number of nitrogens with zero attached hydrogens (tertiary/aromatic N) is 2. The first kappa shape index (κ1) is 15.9. The molecule has 1 N–H and O–H groups in total. The summed E-state index contributed by atoms with van der Waals surface area (Å²) in [5.41, 5.74) is 1.68. The highest BCUT2D eigenvalue weighted by molar-refractivity contribution is 6.30. The van der Waals surface area contributed by atoms with Crippen molar-refractivity contribution in [2.24, 2.45) is 0 Å². The van der Waals surface area contributed by atoms with E-state index in [1.807, 2.05) is 37.3 Å². The van der Waals surface area contributed by atoms with E-state index in [-0.39, 0.29) is 0 Å². The highest BCUT2D eigenvalue weighted by atomic mass is 35.5. The Hall–Kier alpha value is -1.52. The number of aliphatic carboxylic acids is 1. The lowest BCUT2D eigenvalue weighted by atomic mass is 10.2. The molecule has 5 heteroatoms. The first-order chi connectivity index (χ1) is 10.1. The number of carboxylic acid groups (broad SMARTS) is 1. The topological polar surface area (TPSA) is 43.8 Å². The molecule has 114 valence electrons. The van der Waals surface area contributed by atoms with Crippen molar-refractivity contribution < 1.29 is 9.90 Å². The minimum absolute atomic E-state index is 0.495. The quantitative estimate of drug-likeness (QED) is 0.850. The third-order valence-electron chi connectivity index (χ3n) is 3.82. The molecule has 1 fully saturated rings. The summed E-state index contributed by atoms with van der Waals surface area (Å²) in [5, 5.41) is 9.76. The van der Waals surface area contributed by atoms with E-state index in [2.05, 4.69) is 9.80 Å². The smallest absolute Gasteiger partial charge is 0.331 e. The van der Waals surface area contributed by atoms with Crippen LogP contribution in [0.15, 0.2) is 35.9 Å². The lowest BCUT2D eigenvalue weighted by Crippen LogP contribution is -2.46. The second kappa shape index (κ2) is 7.48. The highest BCUT2D eigenvalue weighted by Gasteiger charge is 2.16. The highest BCUT2D eigenvalue weighted by Crippen LogP contribution is 2.19. The molecule has 2 rings (SSSR count). The van der Waals surface area contributed by atoms with Crippen LogP contribution in [0.25, 0.3) is 0 Å². The van der Waals surface area contributed by atoms with Gasteiger partial charge in [-0.25, -0.2) is 4.79 Å². The summed E-state index contributed by atoms with van der Waals surface area (Å²) < 4.78 is 0. The Labute approximate surface area is 130 Å². The van der Waals surface area contributed by atoms with Gasteiger partial charge >= 0.3 is 5.97 Å². The van der Waals surface area contributed by atoms with Crippen LogP contribution in [0.2, 0.25) is 5.02 Å². The van der Waals surface area contributed by atoms with Crippen LogP contribution in [0.3, 0.4) is 0 Å². The molecule has 0 spiro atoms. The Kier molecular flexibility index (Phi) is 5.65. The molecule has 1 aliphatic rings. The van der Waals surface area contributed by atoms with Crippen molar-refractivity contribution in [3.8, 4) is 0 Å². The van der Waals surface area contributed by atoms with Crippen LogP contribution in [0.5, 0.6) is 0 Å². The van der Waals surface area contributed by atoms with Gasteiger partial charge in [0.15, 0.2) is 0 Å². The summed E-state index contributed by atoms with van der Waals surface area (Å²) in [7, 11) is 0. The number of piperazine rings is 1. The molecule has 0 aromatic heterocycles. The van der Waals surface area contributed by atoms with Gasteiger partial charge in [0, 0.05) is 49.0 Å². The molecule has 1 heterocycles. The standard InChI is InChI=1S/C16H21ClN2O2/c1-2-13(16(20)21)7-8-18-9-11-19(12-10-18)15-5-3-14(17)4-6-15/h3-7H,2,8-12H2,1H3,(H,20,21). The maximum Gasteiger partial charge on any atom is 0.331 e. The molecule has 1 aromatic rings. The van der Waals surface area contributed by atoms with Crippen molar-refractivity contribution >= 4 is 23.3 Å². The van der Waals surface area contributed by atoms with Gasteiger partial charge in [-0.3, -0.25) is 4.90 Å². The zero-order chi connectivity index (χ0) is 15.2. The van der Waals surface area contributed by atoms with Crippen molar-refractivity contribution in [3.05, 3.63) is 40.9 Å². The summed E-state index contributed by atoms with van der Waals surface area (Å²) >= 11 is 5.90. The lowest BCUT2D eigenvalue weighted by Gasteiger charge is -2.35. The minimum atomic E-state index is -0.808. The lowest BCUT2D eigenvalue weighted by molar-refractivity contribution is -0.132. The monoisotopic (exact) mass is 308 g/mol. The fourth-order valence-corrected chi connectivity index (χ4v) is 2.59. The fourth-order valence-electron chi connectivity index (χ4n) is 2.46. The van der Waals surface area contributed by atoms with Crippen molar-refractivity contribution in [3.63, 3.8) is 0 Å². The number of carbonyl (C=O) groups is 1. The molecule has 0 aliphatic carbocycles. The summed E-state index contributed by atoms with van der Waals surface area (Å²) in [4.78, 5) is 15.6. The van der Waals surface area contributed by atoms with Gasteiger partial charge < -0.3 is 10.0 Å². The molecule has 0 amide bonds. The third kappa shape index (κ3) is 4.48. The van der Waals surface area contributed by atoms with Gasteiger partial charge in [0.05, 0.1) is 0 Å². The van der Waals surface area contributed by atoms with Gasteiger partial charge in [-0.1, -0.05) is 24.6 Å². The van der Waals surface area contributed by atoms with E-state index in [9.17, 15) is 4.79 Å². The van der Waals surface area contributed by atoms with Crippen LogP contribution in [-0.4, -0.2) is 48.7 Å². The molecular formula is C16H21ClN2O2. The Bertz CT molecular complexity index is 506. The number of carboxylic acids is 1. The predicted molar refractivity (Wildman–Crippen MR) is 86.1 cm³/mol. The number of rotatable bonds is 5. The van der Waals surface area contributed by atoms with Gasteiger partial charge in [-0.15, -0.1) is 0 Å². The Balaban J connectivity index is 1.86. The molecular weight excluding hydrogens is 288 g/mol. The largest absolute Gasteiger partial charge is 0.478 e. The van der Waals surface area contributed by atoms with Crippen molar-refractivity contribution in [1.29, 1.82) is 0 Å². The zero-order valence-electron chi connectivity index (χ0n) is 12.3. The van der Waals surface area contributed by atoms with E-state index >= 15 is 0 Å². The van der Waals surface area contributed by atoms with Gasteiger partial charge in [-0.2, -0.15) is 0 Å². The van der Waals surface area contributed by atoms with Gasteiger partial charge in [0.25, 0.3) is 0 Å². The summed E-state index contributed by atoms with van der Waals surface area (Å²) in [6.07, 6.45) is 2.40. The van der Waals surface area contributed by atoms with E-state index in [0.717, 1.165) is 31.2 Å². The Morgan fingerprint density at radius 1 is 1.24 bits per heavy atom. The molecule has 0 radical (unpaired) electrons. The molecule has 1 aromatic carbocycles. The fraction of sp³-hybridized carbons (Fsp3) is 0.438. The van der Waals surface area contributed by atoms with Crippen molar-refractivity contribution in [2.45, 2.75) is 13.3 Å². The maximum absolute atomic E-state index is 11.0. The molecule has 1 saturated heterocycles. The van der Waals surface area contributed by atoms with Gasteiger partial charge in [0.2, 0.25) is 0 Å². The molecule has 0 saturated carbocycles. The molecule has 0 unspecified atom stereocenters. The molecule has 0 atom stereocenters. The van der Waals surface area contributed by atoms with Gasteiger partial charge in [0.1, 0.15) is 0 Å². The van der Waals surface area contributed by atoms with Crippen molar-refractivity contribution in [1.82, 2.24) is 4.90 Å². The number of hydrogen-bond acceptors (Lipinski definition) is 3. The summed E-state index contributed by atoms with van der Waals surface area (Å²) in [6.45, 7) is 6.36. The summed E-state index contributed by atoms with van der Waals surface area (Å²) in [6, 6.07) is 7.90. The van der Waals surface area contributed by atoms with E-state index in [4.69, 9.17) is 16.7 Å². The SMILES string of the molecule is CCC(=CCN1CCN(c2ccc(Cl)cc2)CC1)C(=O)O. The normalized spacial score (nSPS) is 17.0. The number of benzene rings is 1. The molecule has 0 bridgehead atoms. The minimum Gasteiger partial charge on any atom is -0.478 e. The average Bonchev–Trinajstić information content (AvgIpc) is 2.49. The molecule has 1 aliphatic heterocycles. The second-order valence-electron chi connectivity index (χ2n) is 5.15. The van der Waals surface area contributed by atoms with Crippen molar-refractivity contribution in [2.75, 3.05) is 37.6 Å². The average molecular weight is 309 g/mol. The first-order valence-electron chi connectivity index (χ1n) is 7.25. The predicted octanol–water partition coefficient (Wildman–Crippen LogP) is 2.88. The second-order valence-corrected chi connectivity index (χ2v) is 5.59.